The van der Waals surface area contributed by atoms with Gasteiger partial charge in [-0.3, -0.25) is 4.79 Å². The number of nitrogens with one attached hydrogen (secondary N) is 1. The second-order valence-electron chi connectivity index (χ2n) is 4.98. The van der Waals surface area contributed by atoms with Gasteiger partial charge in [0.05, 0.1) is 12.7 Å². The SMILES string of the molecule is COc1ccc(O)c(C(=O)NCC(N)CC(C)C)c1. The number of hydrogen-bond donors (Lipinski definition) is 3. The van der Waals surface area contributed by atoms with Crippen molar-refractivity contribution >= 4 is 5.91 Å². The zero-order chi connectivity index (χ0) is 14.4. The fourth-order valence-corrected chi connectivity index (χ4v) is 1.83. The molecule has 0 fully saturated rings. The molecule has 0 saturated heterocycles. The van der Waals surface area contributed by atoms with Gasteiger partial charge in [0.25, 0.3) is 5.91 Å². The summed E-state index contributed by atoms with van der Waals surface area (Å²) >= 11 is 0. The molecule has 1 atom stereocenters. The molecule has 1 unspecified atom stereocenters. The van der Waals surface area contributed by atoms with Gasteiger partial charge in [0.1, 0.15) is 11.5 Å². The minimum Gasteiger partial charge on any atom is -0.507 e. The molecule has 1 aromatic rings. The van der Waals surface area contributed by atoms with E-state index in [9.17, 15) is 9.90 Å². The summed E-state index contributed by atoms with van der Waals surface area (Å²) in [4.78, 5) is 11.9. The Bertz CT molecular complexity index is 433. The second kappa shape index (κ2) is 6.99. The van der Waals surface area contributed by atoms with Gasteiger partial charge in [0.2, 0.25) is 0 Å². The number of hydrogen-bond acceptors (Lipinski definition) is 4. The molecular formula is C14H22N2O3. The molecule has 1 rings (SSSR count). The quantitative estimate of drug-likeness (QED) is 0.728. The summed E-state index contributed by atoms with van der Waals surface area (Å²) in [6, 6.07) is 4.44. The van der Waals surface area contributed by atoms with E-state index >= 15 is 0 Å². The van der Waals surface area contributed by atoms with E-state index in [0.717, 1.165) is 6.42 Å². The molecule has 106 valence electrons. The summed E-state index contributed by atoms with van der Waals surface area (Å²) < 4.78 is 5.02. The van der Waals surface area contributed by atoms with E-state index in [4.69, 9.17) is 10.5 Å². The molecule has 0 saturated carbocycles. The Morgan fingerprint density at radius 1 is 1.47 bits per heavy atom. The van der Waals surface area contributed by atoms with E-state index in [0.29, 0.717) is 18.2 Å². The van der Waals surface area contributed by atoms with Crippen molar-refractivity contribution in [1.82, 2.24) is 5.32 Å². The van der Waals surface area contributed by atoms with Crippen molar-refractivity contribution in [1.29, 1.82) is 0 Å². The molecule has 4 N–H and O–H groups in total. The third-order valence-corrected chi connectivity index (χ3v) is 2.75. The van der Waals surface area contributed by atoms with Gasteiger partial charge in [0.15, 0.2) is 0 Å². The summed E-state index contributed by atoms with van der Waals surface area (Å²) in [5, 5.41) is 12.4. The Morgan fingerprint density at radius 3 is 2.74 bits per heavy atom. The lowest BCUT2D eigenvalue weighted by Crippen LogP contribution is -2.38. The zero-order valence-corrected chi connectivity index (χ0v) is 11.6. The first-order chi connectivity index (χ1) is 8.93. The smallest absolute Gasteiger partial charge is 0.255 e. The van der Waals surface area contributed by atoms with Crippen molar-refractivity contribution in [2.45, 2.75) is 26.3 Å². The van der Waals surface area contributed by atoms with Crippen molar-refractivity contribution in [3.63, 3.8) is 0 Å². The predicted octanol–water partition coefficient (Wildman–Crippen LogP) is 1.50. The average Bonchev–Trinajstić information content (AvgIpc) is 2.35. The van der Waals surface area contributed by atoms with E-state index in [1.807, 2.05) is 0 Å². The van der Waals surface area contributed by atoms with Crippen molar-refractivity contribution in [3.8, 4) is 11.5 Å². The summed E-state index contributed by atoms with van der Waals surface area (Å²) in [7, 11) is 1.51. The van der Waals surface area contributed by atoms with Gasteiger partial charge < -0.3 is 20.9 Å². The fourth-order valence-electron chi connectivity index (χ4n) is 1.83. The van der Waals surface area contributed by atoms with Crippen LogP contribution in [0.2, 0.25) is 0 Å². The molecular weight excluding hydrogens is 244 g/mol. The van der Waals surface area contributed by atoms with Gasteiger partial charge in [-0.25, -0.2) is 0 Å². The number of methoxy groups -OCH3 is 1. The summed E-state index contributed by atoms with van der Waals surface area (Å²) in [6.07, 6.45) is 0.838. The van der Waals surface area contributed by atoms with Crippen LogP contribution in [0.3, 0.4) is 0 Å². The molecule has 0 heterocycles. The number of rotatable bonds is 6. The second-order valence-corrected chi connectivity index (χ2v) is 4.98. The lowest BCUT2D eigenvalue weighted by atomic mass is 10.0. The normalized spacial score (nSPS) is 12.3. The lowest BCUT2D eigenvalue weighted by molar-refractivity contribution is 0.0947. The molecule has 0 bridgehead atoms. The number of carbonyl (C=O) groups is 1. The molecule has 1 aromatic carbocycles. The van der Waals surface area contributed by atoms with Crippen molar-refractivity contribution in [2.75, 3.05) is 13.7 Å². The number of nitrogens with two attached hydrogens (primary N) is 1. The number of aromatic hydroxyl groups is 1. The number of phenolic OH excluding ortho intramolecular Hbond substituents is 1. The maximum Gasteiger partial charge on any atom is 0.255 e. The Kier molecular flexibility index (Phi) is 5.63. The topological polar surface area (TPSA) is 84.6 Å². The maximum atomic E-state index is 11.9. The van der Waals surface area contributed by atoms with Crippen LogP contribution in [-0.4, -0.2) is 30.7 Å². The minimum atomic E-state index is -0.351. The summed E-state index contributed by atoms with van der Waals surface area (Å²) in [5.74, 6) is 0.581. The third-order valence-electron chi connectivity index (χ3n) is 2.75. The van der Waals surface area contributed by atoms with E-state index < -0.39 is 0 Å². The summed E-state index contributed by atoms with van der Waals surface area (Å²) in [5.41, 5.74) is 6.08. The molecule has 19 heavy (non-hydrogen) atoms. The number of amides is 1. The van der Waals surface area contributed by atoms with Gasteiger partial charge >= 0.3 is 0 Å². The fraction of sp³-hybridized carbons (Fsp3) is 0.500. The van der Waals surface area contributed by atoms with Crippen molar-refractivity contribution < 1.29 is 14.6 Å². The van der Waals surface area contributed by atoms with E-state index in [1.165, 1.54) is 19.2 Å². The van der Waals surface area contributed by atoms with Crippen LogP contribution in [-0.2, 0) is 0 Å². The Balaban J connectivity index is 2.63. The van der Waals surface area contributed by atoms with Gasteiger partial charge in [-0.15, -0.1) is 0 Å². The van der Waals surface area contributed by atoms with Crippen LogP contribution in [0.5, 0.6) is 11.5 Å². The molecule has 1 amide bonds. The highest BCUT2D eigenvalue weighted by Gasteiger charge is 2.14. The predicted molar refractivity (Wildman–Crippen MR) is 74.4 cm³/mol. The Labute approximate surface area is 113 Å². The first kappa shape index (κ1) is 15.3. The highest BCUT2D eigenvalue weighted by Crippen LogP contribution is 2.22. The van der Waals surface area contributed by atoms with Crippen LogP contribution < -0.4 is 15.8 Å². The highest BCUT2D eigenvalue weighted by molar-refractivity contribution is 5.97. The molecule has 0 radical (unpaired) electrons. The van der Waals surface area contributed by atoms with Gasteiger partial charge in [-0.05, 0) is 30.5 Å². The Morgan fingerprint density at radius 2 is 2.16 bits per heavy atom. The number of ether oxygens (including phenoxy) is 1. The monoisotopic (exact) mass is 266 g/mol. The molecule has 0 aliphatic carbocycles. The average molecular weight is 266 g/mol. The molecule has 0 aliphatic rings. The first-order valence-electron chi connectivity index (χ1n) is 6.34. The number of carbonyl (C=O) groups excluding carboxylic acids is 1. The van der Waals surface area contributed by atoms with E-state index in [-0.39, 0.29) is 23.3 Å². The number of phenols is 1. The molecule has 5 heteroatoms. The van der Waals surface area contributed by atoms with Gasteiger partial charge in [0, 0.05) is 12.6 Å². The standard InChI is InChI=1S/C14H22N2O3/c1-9(2)6-10(15)8-16-14(18)12-7-11(19-3)4-5-13(12)17/h4-5,7,9-10,17H,6,8,15H2,1-3H3,(H,16,18). The third kappa shape index (κ3) is 4.79. The van der Waals surface area contributed by atoms with E-state index in [2.05, 4.69) is 19.2 Å². The van der Waals surface area contributed by atoms with Crippen LogP contribution in [0.4, 0.5) is 0 Å². The maximum absolute atomic E-state index is 11.9. The van der Waals surface area contributed by atoms with Gasteiger partial charge in [-0.1, -0.05) is 13.8 Å². The van der Waals surface area contributed by atoms with Crippen molar-refractivity contribution in [2.24, 2.45) is 11.7 Å². The molecule has 0 spiro atoms. The van der Waals surface area contributed by atoms with Crippen LogP contribution in [0.25, 0.3) is 0 Å². The van der Waals surface area contributed by atoms with Crippen LogP contribution in [0.15, 0.2) is 18.2 Å². The van der Waals surface area contributed by atoms with Crippen LogP contribution >= 0.6 is 0 Å². The molecule has 5 nitrogen and oxygen atoms in total. The highest BCUT2D eigenvalue weighted by atomic mass is 16.5. The minimum absolute atomic E-state index is 0.0734. The summed E-state index contributed by atoms with van der Waals surface area (Å²) in [6.45, 7) is 4.54. The first-order valence-corrected chi connectivity index (χ1v) is 6.34. The molecule has 0 aliphatic heterocycles. The lowest BCUT2D eigenvalue weighted by Gasteiger charge is -2.15. The van der Waals surface area contributed by atoms with Crippen LogP contribution in [0.1, 0.15) is 30.6 Å². The van der Waals surface area contributed by atoms with Crippen LogP contribution in [0, 0.1) is 5.92 Å². The zero-order valence-electron chi connectivity index (χ0n) is 11.6. The number of benzene rings is 1. The molecule has 0 aromatic heterocycles. The largest absolute Gasteiger partial charge is 0.507 e. The van der Waals surface area contributed by atoms with Crippen molar-refractivity contribution in [3.05, 3.63) is 23.8 Å². The van der Waals surface area contributed by atoms with E-state index in [1.54, 1.807) is 6.07 Å². The van der Waals surface area contributed by atoms with Gasteiger partial charge in [-0.2, -0.15) is 0 Å². The Hall–Kier alpha value is -1.75.